The zero-order valence-electron chi connectivity index (χ0n) is 16.5. The van der Waals surface area contributed by atoms with E-state index in [1.54, 1.807) is 11.7 Å². The zero-order valence-corrected chi connectivity index (χ0v) is 18.1. The molecule has 0 saturated carbocycles. The maximum Gasteiger partial charge on any atom is 0.275 e. The van der Waals surface area contributed by atoms with Crippen LogP contribution >= 0.6 is 22.9 Å². The Balaban J connectivity index is 1.54. The highest BCUT2D eigenvalue weighted by Gasteiger charge is 2.30. The molecule has 1 saturated heterocycles. The predicted molar refractivity (Wildman–Crippen MR) is 114 cm³/mol. The Labute approximate surface area is 186 Å². The molecule has 1 fully saturated rings. The van der Waals surface area contributed by atoms with Crippen LogP contribution in [0.3, 0.4) is 0 Å². The predicted octanol–water partition coefficient (Wildman–Crippen LogP) is 4.11. The third-order valence-electron chi connectivity index (χ3n) is 5.12. The highest BCUT2D eigenvalue weighted by Crippen LogP contribution is 2.33. The Hall–Kier alpha value is -2.40. The van der Waals surface area contributed by atoms with Crippen molar-refractivity contribution in [3.05, 3.63) is 52.0 Å². The molecule has 0 spiro atoms. The van der Waals surface area contributed by atoms with Gasteiger partial charge in [0.15, 0.2) is 0 Å². The van der Waals surface area contributed by atoms with E-state index < -0.39 is 30.0 Å². The topological polar surface area (TPSA) is 95.1 Å². The summed E-state index contributed by atoms with van der Waals surface area (Å²) in [5.41, 5.74) is 7.21. The highest BCUT2D eigenvalue weighted by atomic mass is 35.5. The lowest BCUT2D eigenvalue weighted by molar-refractivity contribution is 0.0247. The largest absolute Gasteiger partial charge is 0.369 e. The molecule has 1 aliphatic heterocycles. The quantitative estimate of drug-likeness (QED) is 0.602. The average molecular weight is 468 g/mol. The standard InChI is InChI=1S/C20H20ClF2N5O2S/c1-28-18(17-5-4-14(24)13(23)8-30-17)15(7-25-28)26-19(29)16-9-31-20(27-16)11-6-10(21)2-3-12(11)22/h2-3,6-7,9,13-14,17H,4-5,8,24H2,1H3,(H,26,29). The number of alkyl halides is 1. The number of hydrogen-bond donors (Lipinski definition) is 2. The van der Waals surface area contributed by atoms with Gasteiger partial charge in [-0.2, -0.15) is 5.10 Å². The van der Waals surface area contributed by atoms with E-state index in [1.807, 2.05) is 0 Å². The van der Waals surface area contributed by atoms with E-state index in [1.165, 1.54) is 29.8 Å². The second-order valence-corrected chi connectivity index (χ2v) is 8.56. The van der Waals surface area contributed by atoms with Crippen molar-refractivity contribution in [2.24, 2.45) is 12.8 Å². The van der Waals surface area contributed by atoms with Crippen molar-refractivity contribution in [3.63, 3.8) is 0 Å². The smallest absolute Gasteiger partial charge is 0.275 e. The van der Waals surface area contributed by atoms with Gasteiger partial charge in [0, 0.05) is 29.1 Å². The molecular weight excluding hydrogens is 448 g/mol. The van der Waals surface area contributed by atoms with Crippen LogP contribution in [0.15, 0.2) is 29.8 Å². The minimum absolute atomic E-state index is 0.120. The summed E-state index contributed by atoms with van der Waals surface area (Å²) in [5.74, 6) is -0.956. The number of aryl methyl sites for hydroxylation is 1. The van der Waals surface area contributed by atoms with Gasteiger partial charge < -0.3 is 15.8 Å². The summed E-state index contributed by atoms with van der Waals surface area (Å²) in [5, 5.41) is 9.22. The van der Waals surface area contributed by atoms with Gasteiger partial charge in [0.2, 0.25) is 0 Å². The lowest BCUT2D eigenvalue weighted by Gasteiger charge is -2.17. The van der Waals surface area contributed by atoms with Gasteiger partial charge >= 0.3 is 0 Å². The monoisotopic (exact) mass is 467 g/mol. The van der Waals surface area contributed by atoms with Crippen molar-refractivity contribution >= 4 is 34.5 Å². The first-order valence-electron chi connectivity index (χ1n) is 9.59. The SMILES string of the molecule is Cn1ncc(NC(=O)c2csc(-c3cc(Cl)ccc3F)n2)c1C1CCC(N)C(F)CO1. The molecule has 3 aromatic rings. The number of thiazole rings is 1. The number of halogens is 3. The van der Waals surface area contributed by atoms with Gasteiger partial charge in [0.25, 0.3) is 5.91 Å². The number of amides is 1. The normalized spacial score (nSPS) is 21.6. The van der Waals surface area contributed by atoms with E-state index in [-0.39, 0.29) is 17.9 Å². The highest BCUT2D eigenvalue weighted by molar-refractivity contribution is 7.13. The third kappa shape index (κ3) is 4.62. The van der Waals surface area contributed by atoms with Crippen molar-refractivity contribution in [1.82, 2.24) is 14.8 Å². The van der Waals surface area contributed by atoms with Crippen LogP contribution in [0.25, 0.3) is 10.6 Å². The molecule has 31 heavy (non-hydrogen) atoms. The fourth-order valence-electron chi connectivity index (χ4n) is 3.43. The number of carbonyl (C=O) groups excluding carboxylic acids is 1. The summed E-state index contributed by atoms with van der Waals surface area (Å²) in [4.78, 5) is 17.0. The van der Waals surface area contributed by atoms with E-state index in [9.17, 15) is 13.6 Å². The van der Waals surface area contributed by atoms with E-state index in [0.29, 0.717) is 34.3 Å². The van der Waals surface area contributed by atoms with Gasteiger partial charge in [-0.1, -0.05) is 11.6 Å². The van der Waals surface area contributed by atoms with Gasteiger partial charge in [-0.3, -0.25) is 9.48 Å². The summed E-state index contributed by atoms with van der Waals surface area (Å²) < 4.78 is 35.3. The first-order chi connectivity index (χ1) is 14.8. The second kappa shape index (κ2) is 8.99. The van der Waals surface area contributed by atoms with Gasteiger partial charge in [0.1, 0.15) is 28.8 Å². The van der Waals surface area contributed by atoms with E-state index in [4.69, 9.17) is 22.1 Å². The maximum atomic E-state index is 14.1. The van der Waals surface area contributed by atoms with Crippen LogP contribution in [0.1, 0.15) is 35.1 Å². The molecule has 3 N–H and O–H groups in total. The first kappa shape index (κ1) is 21.8. The lowest BCUT2D eigenvalue weighted by atomic mass is 10.0. The number of aromatic nitrogens is 3. The Kier molecular flexibility index (Phi) is 6.33. The number of hydrogen-bond acceptors (Lipinski definition) is 6. The Morgan fingerprint density at radius 2 is 2.23 bits per heavy atom. The van der Waals surface area contributed by atoms with E-state index in [2.05, 4.69) is 15.4 Å². The summed E-state index contributed by atoms with van der Waals surface area (Å²) >= 11 is 7.08. The molecule has 11 heteroatoms. The van der Waals surface area contributed by atoms with Crippen molar-refractivity contribution in [1.29, 1.82) is 0 Å². The zero-order chi connectivity index (χ0) is 22.1. The number of rotatable bonds is 4. The Bertz CT molecular complexity index is 1090. The average Bonchev–Trinajstić information content (AvgIpc) is 3.33. The molecule has 0 bridgehead atoms. The molecule has 3 atom stereocenters. The fourth-order valence-corrected chi connectivity index (χ4v) is 4.42. The minimum Gasteiger partial charge on any atom is -0.369 e. The van der Waals surface area contributed by atoms with Crippen LogP contribution in [-0.4, -0.2) is 39.5 Å². The second-order valence-electron chi connectivity index (χ2n) is 7.26. The van der Waals surface area contributed by atoms with Crippen LogP contribution in [0.2, 0.25) is 5.02 Å². The molecule has 2 aromatic heterocycles. The van der Waals surface area contributed by atoms with Crippen LogP contribution in [-0.2, 0) is 11.8 Å². The number of anilines is 1. The number of nitrogens with zero attached hydrogens (tertiary/aromatic N) is 3. The summed E-state index contributed by atoms with van der Waals surface area (Å²) in [6.07, 6.45) is 0.750. The number of nitrogens with two attached hydrogens (primary N) is 1. The first-order valence-corrected chi connectivity index (χ1v) is 10.8. The molecule has 164 valence electrons. The molecule has 7 nitrogen and oxygen atoms in total. The van der Waals surface area contributed by atoms with Crippen molar-refractivity contribution in [2.45, 2.75) is 31.2 Å². The summed E-state index contributed by atoms with van der Waals surface area (Å²) in [7, 11) is 1.72. The molecule has 0 aliphatic carbocycles. The van der Waals surface area contributed by atoms with Gasteiger partial charge in [-0.05, 0) is 31.0 Å². The fraction of sp³-hybridized carbons (Fsp3) is 0.350. The number of ether oxygens (including phenoxy) is 1. The number of nitrogens with one attached hydrogen (secondary N) is 1. The van der Waals surface area contributed by atoms with Gasteiger partial charge in [-0.15, -0.1) is 11.3 Å². The molecule has 4 rings (SSSR count). The Morgan fingerprint density at radius 1 is 1.42 bits per heavy atom. The number of benzene rings is 1. The van der Waals surface area contributed by atoms with Crippen LogP contribution < -0.4 is 11.1 Å². The molecule has 3 unspecified atom stereocenters. The van der Waals surface area contributed by atoms with Crippen LogP contribution in [0.4, 0.5) is 14.5 Å². The molecule has 0 radical (unpaired) electrons. The summed E-state index contributed by atoms with van der Waals surface area (Å²) in [6.45, 7) is -0.120. The molecule has 3 heterocycles. The van der Waals surface area contributed by atoms with Crippen LogP contribution in [0.5, 0.6) is 0 Å². The Morgan fingerprint density at radius 3 is 3.03 bits per heavy atom. The van der Waals surface area contributed by atoms with Gasteiger partial charge in [-0.25, -0.2) is 13.8 Å². The van der Waals surface area contributed by atoms with Gasteiger partial charge in [0.05, 0.1) is 24.2 Å². The van der Waals surface area contributed by atoms with Crippen molar-refractivity contribution < 1.29 is 18.3 Å². The van der Waals surface area contributed by atoms with Crippen molar-refractivity contribution in [2.75, 3.05) is 11.9 Å². The van der Waals surface area contributed by atoms with E-state index >= 15 is 0 Å². The third-order valence-corrected chi connectivity index (χ3v) is 6.23. The molecule has 1 amide bonds. The lowest BCUT2D eigenvalue weighted by Crippen LogP contribution is -2.32. The van der Waals surface area contributed by atoms with E-state index in [0.717, 1.165) is 11.3 Å². The summed E-state index contributed by atoms with van der Waals surface area (Å²) in [6, 6.07) is 3.57. The van der Waals surface area contributed by atoms with Crippen molar-refractivity contribution in [3.8, 4) is 10.6 Å². The van der Waals surface area contributed by atoms with Crippen LogP contribution in [0, 0.1) is 5.82 Å². The molecule has 1 aromatic carbocycles. The molecular formula is C20H20ClF2N5O2S. The number of carbonyl (C=O) groups is 1. The minimum atomic E-state index is -1.24. The molecule has 1 aliphatic rings. The maximum absolute atomic E-state index is 14.1.